The van der Waals surface area contributed by atoms with Crippen molar-refractivity contribution in [3.8, 4) is 28.4 Å². The van der Waals surface area contributed by atoms with Gasteiger partial charge < -0.3 is 14.2 Å². The molecule has 1 aliphatic rings. The van der Waals surface area contributed by atoms with Crippen LogP contribution in [0.2, 0.25) is 0 Å². The summed E-state index contributed by atoms with van der Waals surface area (Å²) >= 11 is 0. The van der Waals surface area contributed by atoms with Crippen LogP contribution in [0.4, 0.5) is 0 Å². The fourth-order valence-corrected chi connectivity index (χ4v) is 8.92. The molecule has 4 aromatic carbocycles. The molecule has 262 valence electrons. The largest absolute Gasteiger partial charge is 0.496 e. The molecule has 5 rings (SSSR count). The van der Waals surface area contributed by atoms with Crippen LogP contribution in [0.1, 0.15) is 119 Å². The Labute approximate surface area is 298 Å². The van der Waals surface area contributed by atoms with Crippen LogP contribution in [0.25, 0.3) is 11.1 Å². The standard InChI is InChI=1S/C45H59O3P/c1-28-29(2)48-38-20-17-21-39(41(38)40-36(46-15)18-16-19-37(40)47-28)49(34-24-30(42(3,4)5)22-31(25-34)43(6,7)8)35-26-32(44(9,10)11)23-33(27-35)45(12,13)14/h16-29H,1-15H3. The van der Waals surface area contributed by atoms with E-state index >= 15 is 0 Å². The van der Waals surface area contributed by atoms with Crippen molar-refractivity contribution in [3.63, 3.8) is 0 Å². The van der Waals surface area contributed by atoms with Gasteiger partial charge >= 0.3 is 0 Å². The molecule has 0 aliphatic carbocycles. The fraction of sp³-hybridized carbons (Fsp3) is 0.467. The Morgan fingerprint density at radius 2 is 0.878 bits per heavy atom. The predicted octanol–water partition coefficient (Wildman–Crippen LogP) is 10.9. The summed E-state index contributed by atoms with van der Waals surface area (Å²) < 4.78 is 19.6. The molecule has 2 unspecified atom stereocenters. The first-order chi connectivity index (χ1) is 22.6. The van der Waals surface area contributed by atoms with E-state index < -0.39 is 7.92 Å². The third-order valence-electron chi connectivity index (χ3n) is 9.81. The number of methoxy groups -OCH3 is 1. The van der Waals surface area contributed by atoms with E-state index in [-0.39, 0.29) is 33.9 Å². The predicted molar refractivity (Wildman–Crippen MR) is 212 cm³/mol. The van der Waals surface area contributed by atoms with Gasteiger partial charge in [-0.3, -0.25) is 0 Å². The second-order valence-electron chi connectivity index (χ2n) is 18.0. The molecule has 1 aliphatic heterocycles. The van der Waals surface area contributed by atoms with Crippen LogP contribution < -0.4 is 30.1 Å². The first kappa shape index (κ1) is 37.0. The highest BCUT2D eigenvalue weighted by atomic mass is 31.1. The van der Waals surface area contributed by atoms with Crippen LogP contribution in [0.3, 0.4) is 0 Å². The molecule has 0 amide bonds. The van der Waals surface area contributed by atoms with E-state index in [1.807, 2.05) is 12.1 Å². The molecular weight excluding hydrogens is 619 g/mol. The highest BCUT2D eigenvalue weighted by Gasteiger charge is 2.33. The lowest BCUT2D eigenvalue weighted by atomic mass is 9.81. The van der Waals surface area contributed by atoms with Crippen LogP contribution in [0.15, 0.2) is 72.8 Å². The van der Waals surface area contributed by atoms with Gasteiger partial charge in [-0.2, -0.15) is 0 Å². The fourth-order valence-electron chi connectivity index (χ4n) is 6.31. The van der Waals surface area contributed by atoms with E-state index in [2.05, 4.69) is 158 Å². The minimum atomic E-state index is -1.09. The minimum absolute atomic E-state index is 0.0231. The summed E-state index contributed by atoms with van der Waals surface area (Å²) in [5.74, 6) is 2.47. The number of hydrogen-bond acceptors (Lipinski definition) is 3. The van der Waals surface area contributed by atoms with Crippen molar-refractivity contribution in [1.29, 1.82) is 0 Å². The molecular formula is C45H59O3P. The Hall–Kier alpha value is -3.29. The second-order valence-corrected chi connectivity index (χ2v) is 20.2. The number of hydrogen-bond donors (Lipinski definition) is 0. The number of rotatable bonds is 4. The van der Waals surface area contributed by atoms with Crippen LogP contribution in [0, 0.1) is 0 Å². The van der Waals surface area contributed by atoms with Crippen molar-refractivity contribution >= 4 is 23.8 Å². The lowest BCUT2D eigenvalue weighted by Gasteiger charge is -2.34. The summed E-state index contributed by atoms with van der Waals surface area (Å²) in [7, 11) is 0.654. The third kappa shape index (κ3) is 7.73. The Bertz CT molecular complexity index is 1680. The Morgan fingerprint density at radius 3 is 1.24 bits per heavy atom. The maximum absolute atomic E-state index is 6.81. The topological polar surface area (TPSA) is 27.7 Å². The molecule has 1 heterocycles. The Kier molecular flexibility index (Phi) is 9.90. The highest BCUT2D eigenvalue weighted by Crippen LogP contribution is 2.49. The average Bonchev–Trinajstić information content (AvgIpc) is 2.99. The van der Waals surface area contributed by atoms with Gasteiger partial charge in [-0.15, -0.1) is 0 Å². The van der Waals surface area contributed by atoms with E-state index in [1.165, 1.54) is 38.2 Å². The molecule has 0 saturated carbocycles. The molecule has 49 heavy (non-hydrogen) atoms. The van der Waals surface area contributed by atoms with Gasteiger partial charge in [-0.05, 0) is 99.8 Å². The summed E-state index contributed by atoms with van der Waals surface area (Å²) in [5.41, 5.74) is 7.32. The van der Waals surface area contributed by atoms with Gasteiger partial charge in [0.2, 0.25) is 0 Å². The molecule has 0 fully saturated rings. The number of ether oxygens (including phenoxy) is 3. The maximum atomic E-state index is 6.81. The SMILES string of the molecule is COc1cccc2c1-c1c(cccc1P(c1cc(C(C)(C)C)cc(C(C)(C)C)c1)c1cc(C(C)(C)C)cc(C(C)(C)C)c1)OC(C)C(C)O2. The monoisotopic (exact) mass is 678 g/mol. The zero-order valence-electron chi connectivity index (χ0n) is 32.8. The third-order valence-corrected chi connectivity index (χ3v) is 12.2. The smallest absolute Gasteiger partial charge is 0.132 e. The van der Waals surface area contributed by atoms with Crippen molar-refractivity contribution in [3.05, 3.63) is 95.1 Å². The van der Waals surface area contributed by atoms with Crippen molar-refractivity contribution in [1.82, 2.24) is 0 Å². The molecule has 0 aromatic heterocycles. The summed E-state index contributed by atoms with van der Waals surface area (Å²) in [6.45, 7) is 32.1. The van der Waals surface area contributed by atoms with Gasteiger partial charge in [0, 0.05) is 5.56 Å². The molecule has 0 bridgehead atoms. The van der Waals surface area contributed by atoms with Crippen LogP contribution >= 0.6 is 7.92 Å². The summed E-state index contributed by atoms with van der Waals surface area (Å²) in [5, 5.41) is 3.92. The average molecular weight is 679 g/mol. The maximum Gasteiger partial charge on any atom is 0.132 e. The molecule has 4 aromatic rings. The summed E-state index contributed by atoms with van der Waals surface area (Å²) in [6.07, 6.45) is -0.284. The lowest BCUT2D eigenvalue weighted by molar-refractivity contribution is 0.0760. The molecule has 2 atom stereocenters. The first-order valence-corrected chi connectivity index (χ1v) is 19.2. The van der Waals surface area contributed by atoms with E-state index in [1.54, 1.807) is 7.11 Å². The Morgan fingerprint density at radius 1 is 0.510 bits per heavy atom. The van der Waals surface area contributed by atoms with Crippen LogP contribution in [-0.4, -0.2) is 19.3 Å². The van der Waals surface area contributed by atoms with E-state index in [0.29, 0.717) is 0 Å². The van der Waals surface area contributed by atoms with Gasteiger partial charge in [0.25, 0.3) is 0 Å². The van der Waals surface area contributed by atoms with Gasteiger partial charge in [-0.1, -0.05) is 138 Å². The van der Waals surface area contributed by atoms with Crippen molar-refractivity contribution in [2.45, 2.75) is 131 Å². The minimum Gasteiger partial charge on any atom is -0.496 e. The van der Waals surface area contributed by atoms with Crippen molar-refractivity contribution in [2.24, 2.45) is 0 Å². The Balaban J connectivity index is 1.99. The van der Waals surface area contributed by atoms with Crippen LogP contribution in [0.5, 0.6) is 17.2 Å². The van der Waals surface area contributed by atoms with E-state index in [9.17, 15) is 0 Å². The number of fused-ring (bicyclic) bond motifs is 3. The quantitative estimate of drug-likeness (QED) is 0.201. The normalized spacial score (nSPS) is 17.0. The second kappa shape index (κ2) is 13.1. The molecule has 0 saturated heterocycles. The van der Waals surface area contributed by atoms with Gasteiger partial charge in [0.15, 0.2) is 0 Å². The zero-order chi connectivity index (χ0) is 36.3. The zero-order valence-corrected chi connectivity index (χ0v) is 33.6. The molecule has 0 spiro atoms. The van der Waals surface area contributed by atoms with Crippen molar-refractivity contribution < 1.29 is 14.2 Å². The van der Waals surface area contributed by atoms with Crippen LogP contribution in [-0.2, 0) is 21.7 Å². The molecule has 0 radical (unpaired) electrons. The molecule has 4 heteroatoms. The first-order valence-electron chi connectivity index (χ1n) is 17.9. The van der Waals surface area contributed by atoms with E-state index in [0.717, 1.165) is 28.4 Å². The number of benzene rings is 4. The van der Waals surface area contributed by atoms with Gasteiger partial charge in [0.05, 0.1) is 12.7 Å². The lowest BCUT2D eigenvalue weighted by Crippen LogP contribution is -2.34. The summed E-state index contributed by atoms with van der Waals surface area (Å²) in [4.78, 5) is 0. The van der Waals surface area contributed by atoms with E-state index in [4.69, 9.17) is 14.2 Å². The molecule has 0 N–H and O–H groups in total. The van der Waals surface area contributed by atoms with Gasteiger partial charge in [-0.25, -0.2) is 0 Å². The molecule has 3 nitrogen and oxygen atoms in total. The summed E-state index contributed by atoms with van der Waals surface area (Å²) in [6, 6.07) is 27.5. The van der Waals surface area contributed by atoms with Gasteiger partial charge in [0.1, 0.15) is 29.5 Å². The highest BCUT2D eigenvalue weighted by molar-refractivity contribution is 7.80. The van der Waals surface area contributed by atoms with Crippen molar-refractivity contribution in [2.75, 3.05) is 7.11 Å².